The van der Waals surface area contributed by atoms with Crippen molar-refractivity contribution in [2.24, 2.45) is 0 Å². The molecule has 2 rings (SSSR count). The number of fused-ring (bicyclic) bond motifs is 1. The van der Waals surface area contributed by atoms with E-state index in [-0.39, 0.29) is 5.56 Å². The molecule has 0 saturated heterocycles. The molecule has 0 aliphatic carbocycles. The second-order valence-electron chi connectivity index (χ2n) is 3.37. The summed E-state index contributed by atoms with van der Waals surface area (Å²) in [4.78, 5) is 13.9. The van der Waals surface area contributed by atoms with Crippen LogP contribution in [0.5, 0.6) is 0 Å². The highest BCUT2D eigenvalue weighted by Crippen LogP contribution is 2.15. The van der Waals surface area contributed by atoms with Gasteiger partial charge in [0.25, 0.3) is 0 Å². The zero-order chi connectivity index (χ0) is 11.4. The molecule has 1 heterocycles. The minimum Gasteiger partial charge on any atom is -0.322 e. The Labute approximate surface area is 104 Å². The summed E-state index contributed by atoms with van der Waals surface area (Å²) in [6.45, 7) is 4.00. The second kappa shape index (κ2) is 5.47. The summed E-state index contributed by atoms with van der Waals surface area (Å²) in [5.74, 6) is 0. The van der Waals surface area contributed by atoms with Gasteiger partial charge in [-0.25, -0.2) is 0 Å². The molecule has 2 aromatic rings. The summed E-state index contributed by atoms with van der Waals surface area (Å²) in [6.07, 6.45) is 0. The highest BCUT2D eigenvalue weighted by atomic mass is 80.9. The van der Waals surface area contributed by atoms with Gasteiger partial charge in [-0.05, 0) is 31.5 Å². The number of benzene rings is 1. The van der Waals surface area contributed by atoms with Gasteiger partial charge in [0.2, 0.25) is 5.56 Å². The zero-order valence-electron chi connectivity index (χ0n) is 8.47. The molecule has 0 saturated carbocycles. The quantitative estimate of drug-likeness (QED) is 0.781. The number of aryl methyl sites for hydroxylation is 2. The van der Waals surface area contributed by atoms with E-state index in [1.54, 1.807) is 6.07 Å². The van der Waals surface area contributed by atoms with E-state index in [1.807, 2.05) is 26.0 Å². The Morgan fingerprint density at radius 2 is 1.80 bits per heavy atom. The number of aromatic amines is 1. The van der Waals surface area contributed by atoms with Crippen LogP contribution in [0.4, 0.5) is 0 Å². The first-order valence-corrected chi connectivity index (χ1v) is 8.13. The minimum absolute atomic E-state index is 0.0335. The maximum Gasteiger partial charge on any atom is 0.248 e. The number of rotatable bonds is 0. The van der Waals surface area contributed by atoms with Crippen LogP contribution < -0.4 is 5.56 Å². The molecule has 2 nitrogen and oxygen atoms in total. The molecule has 0 bridgehead atoms. The average Bonchev–Trinajstić information content (AvgIpc) is 2.22. The normalized spacial score (nSPS) is 9.60. The molecule has 1 aromatic carbocycles. The Kier molecular flexibility index (Phi) is 4.54. The van der Waals surface area contributed by atoms with Crippen LogP contribution in [-0.4, -0.2) is 4.98 Å². The molecule has 1 aromatic heterocycles. The Balaban J connectivity index is 0.000000531. The molecule has 15 heavy (non-hydrogen) atoms. The monoisotopic (exact) mass is 331 g/mol. The Hall–Kier alpha value is -0.610. The molecule has 1 N–H and O–H groups in total. The second-order valence-corrected chi connectivity index (χ2v) is 3.37. The van der Waals surface area contributed by atoms with Gasteiger partial charge in [0.15, 0.2) is 0 Å². The number of hydrogen-bond donors (Lipinski definition) is 1. The molecule has 0 aliphatic rings. The van der Waals surface area contributed by atoms with E-state index >= 15 is 0 Å². The number of nitrogens with one attached hydrogen (secondary N) is 1. The fourth-order valence-electron chi connectivity index (χ4n) is 1.54. The van der Waals surface area contributed by atoms with Crippen LogP contribution in [0, 0.1) is 13.8 Å². The van der Waals surface area contributed by atoms with E-state index < -0.39 is 0 Å². The SMILES string of the molecule is BrBr.Cc1ccc2[nH]c(=O)cc(C)c2c1. The van der Waals surface area contributed by atoms with Crippen molar-refractivity contribution in [1.29, 1.82) is 0 Å². The van der Waals surface area contributed by atoms with Crippen LogP contribution in [-0.2, 0) is 0 Å². The molecule has 0 spiro atoms. The van der Waals surface area contributed by atoms with Crippen molar-refractivity contribution in [2.45, 2.75) is 13.8 Å². The highest BCUT2D eigenvalue weighted by Gasteiger charge is 1.98. The van der Waals surface area contributed by atoms with Crippen LogP contribution in [0.15, 0.2) is 29.1 Å². The molecule has 0 fully saturated rings. The van der Waals surface area contributed by atoms with Crippen LogP contribution in [0.3, 0.4) is 0 Å². The summed E-state index contributed by atoms with van der Waals surface area (Å²) >= 11 is 5.50. The van der Waals surface area contributed by atoms with E-state index in [0.717, 1.165) is 16.5 Å². The summed E-state index contributed by atoms with van der Waals surface area (Å²) in [7, 11) is 0. The van der Waals surface area contributed by atoms with E-state index in [1.165, 1.54) is 5.56 Å². The minimum atomic E-state index is -0.0335. The van der Waals surface area contributed by atoms with Gasteiger partial charge in [-0.3, -0.25) is 4.79 Å². The molecule has 0 radical (unpaired) electrons. The van der Waals surface area contributed by atoms with Gasteiger partial charge in [-0.1, -0.05) is 11.6 Å². The molecule has 4 heteroatoms. The van der Waals surface area contributed by atoms with E-state index in [4.69, 9.17) is 0 Å². The number of hydrogen-bond acceptors (Lipinski definition) is 1. The van der Waals surface area contributed by atoms with E-state index in [9.17, 15) is 4.79 Å². The van der Waals surface area contributed by atoms with E-state index in [0.29, 0.717) is 0 Å². The van der Waals surface area contributed by atoms with Crippen molar-refractivity contribution in [1.82, 2.24) is 4.98 Å². The maximum absolute atomic E-state index is 11.1. The smallest absolute Gasteiger partial charge is 0.248 e. The maximum atomic E-state index is 11.1. The number of aromatic nitrogens is 1. The van der Waals surface area contributed by atoms with Crippen molar-refractivity contribution in [3.05, 3.63) is 45.7 Å². The molecule has 0 unspecified atom stereocenters. The van der Waals surface area contributed by atoms with Crippen molar-refractivity contribution in [3.63, 3.8) is 0 Å². The Bertz CT molecular complexity index is 519. The highest BCUT2D eigenvalue weighted by molar-refractivity contribution is 9.93. The van der Waals surface area contributed by atoms with Crippen molar-refractivity contribution in [2.75, 3.05) is 0 Å². The Morgan fingerprint density at radius 1 is 1.13 bits per heavy atom. The van der Waals surface area contributed by atoms with Crippen LogP contribution in [0.2, 0.25) is 0 Å². The van der Waals surface area contributed by atoms with Crippen molar-refractivity contribution >= 4 is 39.2 Å². The zero-order valence-corrected chi connectivity index (χ0v) is 11.6. The molecule has 0 aliphatic heterocycles. The fourth-order valence-corrected chi connectivity index (χ4v) is 1.54. The number of pyridine rings is 1. The van der Waals surface area contributed by atoms with Gasteiger partial charge in [0.1, 0.15) is 0 Å². The third-order valence-corrected chi connectivity index (χ3v) is 2.21. The first kappa shape index (κ1) is 12.5. The lowest BCUT2D eigenvalue weighted by atomic mass is 10.1. The summed E-state index contributed by atoms with van der Waals surface area (Å²) in [5, 5.41) is 1.12. The number of halogens is 2. The fraction of sp³-hybridized carbons (Fsp3) is 0.182. The third kappa shape index (κ3) is 2.92. The molecule has 0 amide bonds. The standard InChI is InChI=1S/C11H11NO.Br2/c1-7-3-4-10-9(5-7)8(2)6-11(13)12-10;1-2/h3-6H,1-2H3,(H,12,13);. The molecule has 0 atom stereocenters. The van der Waals surface area contributed by atoms with Crippen LogP contribution in [0.1, 0.15) is 11.1 Å². The molecular weight excluding hydrogens is 322 g/mol. The van der Waals surface area contributed by atoms with Gasteiger partial charge in [-0.15, -0.1) is 0 Å². The summed E-state index contributed by atoms with van der Waals surface area (Å²) in [5.41, 5.74) is 3.12. The van der Waals surface area contributed by atoms with Gasteiger partial charge in [-0.2, -0.15) is 0 Å². The van der Waals surface area contributed by atoms with Crippen LogP contribution >= 0.6 is 28.3 Å². The first-order valence-electron chi connectivity index (χ1n) is 4.41. The molecular formula is C11H11Br2NO. The number of H-pyrrole nitrogens is 1. The predicted octanol–water partition coefficient (Wildman–Crippen LogP) is 3.84. The molecule has 80 valence electrons. The lowest BCUT2D eigenvalue weighted by Gasteiger charge is -2.01. The summed E-state index contributed by atoms with van der Waals surface area (Å²) in [6, 6.07) is 7.65. The van der Waals surface area contributed by atoms with Crippen molar-refractivity contribution < 1.29 is 0 Å². The van der Waals surface area contributed by atoms with Gasteiger partial charge >= 0.3 is 0 Å². The lowest BCUT2D eigenvalue weighted by molar-refractivity contribution is 1.27. The van der Waals surface area contributed by atoms with E-state index in [2.05, 4.69) is 39.3 Å². The van der Waals surface area contributed by atoms with Crippen LogP contribution in [0.25, 0.3) is 10.9 Å². The van der Waals surface area contributed by atoms with Gasteiger partial charge in [0.05, 0.1) is 0 Å². The third-order valence-electron chi connectivity index (χ3n) is 2.21. The topological polar surface area (TPSA) is 32.9 Å². The average molecular weight is 333 g/mol. The Morgan fingerprint density at radius 3 is 2.47 bits per heavy atom. The predicted molar refractivity (Wildman–Crippen MR) is 71.9 cm³/mol. The van der Waals surface area contributed by atoms with Crippen molar-refractivity contribution in [3.8, 4) is 0 Å². The largest absolute Gasteiger partial charge is 0.322 e. The van der Waals surface area contributed by atoms with Gasteiger partial charge in [0, 0.05) is 45.2 Å². The van der Waals surface area contributed by atoms with Gasteiger partial charge < -0.3 is 4.98 Å². The summed E-state index contributed by atoms with van der Waals surface area (Å²) < 4.78 is 0. The lowest BCUT2D eigenvalue weighted by Crippen LogP contribution is -2.04. The first-order chi connectivity index (χ1) is 7.16.